The second-order valence-electron chi connectivity index (χ2n) is 5.69. The van der Waals surface area contributed by atoms with E-state index in [1.807, 2.05) is 4.90 Å². The predicted octanol–water partition coefficient (Wildman–Crippen LogP) is 1.60. The number of amides is 1. The minimum atomic E-state index is 0.269. The predicted molar refractivity (Wildman–Crippen MR) is 89.4 cm³/mol. The summed E-state index contributed by atoms with van der Waals surface area (Å²) in [5.41, 5.74) is 1.47. The fourth-order valence-electron chi connectivity index (χ4n) is 2.69. The summed E-state index contributed by atoms with van der Waals surface area (Å²) in [7, 11) is 0. The molecule has 3 rings (SSSR count). The van der Waals surface area contributed by atoms with Gasteiger partial charge in [0.25, 0.3) is 0 Å². The van der Waals surface area contributed by atoms with E-state index in [1.54, 1.807) is 6.33 Å². The summed E-state index contributed by atoms with van der Waals surface area (Å²) in [6.07, 6.45) is 5.20. The maximum absolute atomic E-state index is 11.6. The molecule has 1 saturated heterocycles. The van der Waals surface area contributed by atoms with Crippen LogP contribution in [0.25, 0.3) is 11.2 Å². The van der Waals surface area contributed by atoms with E-state index >= 15 is 0 Å². The number of H-pyrrole nitrogens is 1. The van der Waals surface area contributed by atoms with Crippen LogP contribution in [0, 0.1) is 0 Å². The number of hydrogen-bond donors (Lipinski definition) is 3. The van der Waals surface area contributed by atoms with Crippen LogP contribution in [0.4, 0.5) is 11.8 Å². The van der Waals surface area contributed by atoms with Crippen LogP contribution in [0.3, 0.4) is 0 Å². The van der Waals surface area contributed by atoms with Crippen molar-refractivity contribution in [3.8, 4) is 0 Å². The molecule has 1 aliphatic rings. The fourth-order valence-corrected chi connectivity index (χ4v) is 2.69. The van der Waals surface area contributed by atoms with E-state index in [-0.39, 0.29) is 5.91 Å². The number of anilines is 2. The molecule has 0 bridgehead atoms. The Morgan fingerprint density at radius 3 is 3.00 bits per heavy atom. The lowest BCUT2D eigenvalue weighted by Crippen LogP contribution is -2.27. The minimum Gasteiger partial charge on any atom is -0.368 e. The normalized spacial score (nSPS) is 14.7. The topological polar surface area (TPSA) is 98.8 Å². The van der Waals surface area contributed by atoms with Crippen molar-refractivity contribution in [2.24, 2.45) is 0 Å². The van der Waals surface area contributed by atoms with Gasteiger partial charge in [-0.05, 0) is 19.3 Å². The summed E-state index contributed by atoms with van der Waals surface area (Å²) in [6.45, 7) is 5.36. The molecule has 8 nitrogen and oxygen atoms in total. The lowest BCUT2D eigenvalue weighted by atomic mass is 10.4. The molecule has 3 heterocycles. The number of carbonyl (C=O) groups excluding carboxylic acids is 1. The largest absolute Gasteiger partial charge is 0.368 e. The molecule has 2 aromatic heterocycles. The first kappa shape index (κ1) is 15.5. The van der Waals surface area contributed by atoms with Gasteiger partial charge in [0.05, 0.1) is 6.33 Å². The zero-order valence-electron chi connectivity index (χ0n) is 13.4. The van der Waals surface area contributed by atoms with E-state index in [1.165, 1.54) is 0 Å². The lowest BCUT2D eigenvalue weighted by molar-refractivity contribution is -0.127. The van der Waals surface area contributed by atoms with Gasteiger partial charge in [0.15, 0.2) is 11.5 Å². The van der Waals surface area contributed by atoms with Crippen LogP contribution >= 0.6 is 0 Å². The van der Waals surface area contributed by atoms with E-state index in [0.29, 0.717) is 18.0 Å². The van der Waals surface area contributed by atoms with Crippen molar-refractivity contribution >= 4 is 28.8 Å². The Labute approximate surface area is 135 Å². The number of aromatic nitrogens is 4. The average Bonchev–Trinajstić information content (AvgIpc) is 3.18. The third-order valence-corrected chi connectivity index (χ3v) is 3.89. The Morgan fingerprint density at radius 1 is 1.30 bits per heavy atom. The summed E-state index contributed by atoms with van der Waals surface area (Å²) < 4.78 is 0. The molecule has 0 aliphatic carbocycles. The maximum Gasteiger partial charge on any atom is 0.226 e. The first-order chi connectivity index (χ1) is 11.3. The SMILES string of the molecule is CCCNc1nc(NCCCN2CCCC2=O)nc2nc[nH]c12. The van der Waals surface area contributed by atoms with E-state index in [9.17, 15) is 4.79 Å². The molecule has 1 aliphatic heterocycles. The monoisotopic (exact) mass is 317 g/mol. The van der Waals surface area contributed by atoms with Gasteiger partial charge in [0, 0.05) is 32.6 Å². The van der Waals surface area contributed by atoms with Crippen LogP contribution < -0.4 is 10.6 Å². The number of nitrogens with one attached hydrogen (secondary N) is 3. The smallest absolute Gasteiger partial charge is 0.226 e. The van der Waals surface area contributed by atoms with Gasteiger partial charge in [-0.2, -0.15) is 9.97 Å². The van der Waals surface area contributed by atoms with Gasteiger partial charge < -0.3 is 20.5 Å². The number of hydrogen-bond acceptors (Lipinski definition) is 6. The molecular weight excluding hydrogens is 294 g/mol. The highest BCUT2D eigenvalue weighted by Gasteiger charge is 2.19. The van der Waals surface area contributed by atoms with E-state index in [2.05, 4.69) is 37.5 Å². The summed E-state index contributed by atoms with van der Waals surface area (Å²) in [4.78, 5) is 29.7. The molecule has 0 spiro atoms. The van der Waals surface area contributed by atoms with Gasteiger partial charge >= 0.3 is 0 Å². The Bertz CT molecular complexity index is 669. The van der Waals surface area contributed by atoms with Crippen molar-refractivity contribution in [1.29, 1.82) is 0 Å². The second kappa shape index (κ2) is 7.26. The van der Waals surface area contributed by atoms with Gasteiger partial charge in [0.2, 0.25) is 11.9 Å². The van der Waals surface area contributed by atoms with Crippen molar-refractivity contribution in [2.75, 3.05) is 36.8 Å². The van der Waals surface area contributed by atoms with Crippen LogP contribution in [0.2, 0.25) is 0 Å². The van der Waals surface area contributed by atoms with E-state index in [0.717, 1.165) is 56.8 Å². The van der Waals surface area contributed by atoms with Crippen LogP contribution in [0.5, 0.6) is 0 Å². The number of fused-ring (bicyclic) bond motifs is 1. The van der Waals surface area contributed by atoms with Crippen LogP contribution in [-0.4, -0.2) is 56.9 Å². The molecule has 8 heteroatoms. The summed E-state index contributed by atoms with van der Waals surface area (Å²) >= 11 is 0. The Morgan fingerprint density at radius 2 is 2.22 bits per heavy atom. The quantitative estimate of drug-likeness (QED) is 0.640. The molecule has 0 saturated carbocycles. The van der Waals surface area contributed by atoms with Crippen LogP contribution in [-0.2, 0) is 4.79 Å². The first-order valence-corrected chi connectivity index (χ1v) is 8.24. The molecule has 23 heavy (non-hydrogen) atoms. The number of rotatable bonds is 8. The zero-order valence-corrected chi connectivity index (χ0v) is 13.4. The average molecular weight is 317 g/mol. The summed E-state index contributed by atoms with van der Waals surface area (Å²) in [5, 5.41) is 6.52. The highest BCUT2D eigenvalue weighted by atomic mass is 16.2. The van der Waals surface area contributed by atoms with Crippen molar-refractivity contribution in [3.63, 3.8) is 0 Å². The molecule has 0 aromatic carbocycles. The molecule has 1 fully saturated rings. The molecule has 1 amide bonds. The van der Waals surface area contributed by atoms with E-state index in [4.69, 9.17) is 0 Å². The van der Waals surface area contributed by atoms with Crippen molar-refractivity contribution < 1.29 is 4.79 Å². The molecule has 3 N–H and O–H groups in total. The lowest BCUT2D eigenvalue weighted by Gasteiger charge is -2.15. The van der Waals surface area contributed by atoms with Gasteiger partial charge in [0.1, 0.15) is 5.52 Å². The van der Waals surface area contributed by atoms with E-state index < -0.39 is 0 Å². The molecule has 2 aromatic rings. The maximum atomic E-state index is 11.6. The Kier molecular flexibility index (Phi) is 4.89. The molecule has 0 radical (unpaired) electrons. The van der Waals surface area contributed by atoms with Crippen LogP contribution in [0.1, 0.15) is 32.6 Å². The standard InChI is InChI=1S/C15H23N7O/c1-2-6-16-13-12-14(19-10-18-12)21-15(20-13)17-7-4-9-22-8-3-5-11(22)23/h10H,2-9H2,1H3,(H3,16,17,18,19,20,21). The van der Waals surface area contributed by atoms with Gasteiger partial charge in [-0.3, -0.25) is 4.79 Å². The highest BCUT2D eigenvalue weighted by molar-refractivity contribution is 5.83. The third-order valence-electron chi connectivity index (χ3n) is 3.89. The van der Waals surface area contributed by atoms with Gasteiger partial charge in [-0.25, -0.2) is 4.98 Å². The first-order valence-electron chi connectivity index (χ1n) is 8.24. The molecular formula is C15H23N7O. The van der Waals surface area contributed by atoms with Crippen molar-refractivity contribution in [1.82, 2.24) is 24.8 Å². The van der Waals surface area contributed by atoms with Gasteiger partial charge in [-0.15, -0.1) is 0 Å². The third kappa shape index (κ3) is 3.69. The highest BCUT2D eigenvalue weighted by Crippen LogP contribution is 2.18. The number of carbonyl (C=O) groups is 1. The zero-order chi connectivity index (χ0) is 16.1. The van der Waals surface area contributed by atoms with Gasteiger partial charge in [-0.1, -0.05) is 6.92 Å². The summed E-state index contributed by atoms with van der Waals surface area (Å²) in [6, 6.07) is 0. The van der Waals surface area contributed by atoms with Crippen LogP contribution in [0.15, 0.2) is 6.33 Å². The Hall–Kier alpha value is -2.38. The Balaban J connectivity index is 1.57. The van der Waals surface area contributed by atoms with Crippen molar-refractivity contribution in [3.05, 3.63) is 6.33 Å². The number of aromatic amines is 1. The number of imidazole rings is 1. The summed E-state index contributed by atoms with van der Waals surface area (Å²) in [5.74, 6) is 1.60. The number of nitrogens with zero attached hydrogens (tertiary/aromatic N) is 4. The molecule has 124 valence electrons. The second-order valence-corrected chi connectivity index (χ2v) is 5.69. The molecule has 0 unspecified atom stereocenters. The fraction of sp³-hybridized carbons (Fsp3) is 0.600. The minimum absolute atomic E-state index is 0.269. The number of likely N-dealkylation sites (tertiary alicyclic amines) is 1. The van der Waals surface area contributed by atoms with Crippen molar-refractivity contribution in [2.45, 2.75) is 32.6 Å². The molecule has 0 atom stereocenters.